The van der Waals surface area contributed by atoms with Crippen molar-refractivity contribution in [3.8, 4) is 0 Å². The number of aliphatic hydroxyl groups is 2. The second kappa shape index (κ2) is 8.64. The molecule has 0 spiro atoms. The average molecular weight is 436 g/mol. The molecule has 1 aromatic rings. The fourth-order valence-corrected chi connectivity index (χ4v) is 4.20. The van der Waals surface area contributed by atoms with Gasteiger partial charge in [0.2, 0.25) is 0 Å². The van der Waals surface area contributed by atoms with Crippen molar-refractivity contribution in [3.63, 3.8) is 0 Å². The molecule has 124 valence electrons. The van der Waals surface area contributed by atoms with Gasteiger partial charge in [-0.25, -0.2) is 0 Å². The lowest BCUT2D eigenvalue weighted by Crippen LogP contribution is -2.34. The molecular weight excluding hydrogens is 412 g/mol. The number of benzene rings is 1. The first-order chi connectivity index (χ1) is 10.5. The highest BCUT2D eigenvalue weighted by molar-refractivity contribution is 9.11. The van der Waals surface area contributed by atoms with E-state index in [9.17, 15) is 10.2 Å². The summed E-state index contributed by atoms with van der Waals surface area (Å²) in [7, 11) is 0. The number of nitrogens with one attached hydrogen (secondary N) is 2. The molecule has 0 aromatic heterocycles. The Bertz CT molecular complexity index is 489. The van der Waals surface area contributed by atoms with Crippen molar-refractivity contribution in [2.45, 2.75) is 57.4 Å². The van der Waals surface area contributed by atoms with E-state index in [1.54, 1.807) is 6.92 Å². The van der Waals surface area contributed by atoms with E-state index in [1.165, 1.54) is 0 Å². The van der Waals surface area contributed by atoms with E-state index < -0.39 is 6.10 Å². The van der Waals surface area contributed by atoms with Crippen LogP contribution in [0.5, 0.6) is 0 Å². The fraction of sp³-hybridized carbons (Fsp3) is 0.625. The summed E-state index contributed by atoms with van der Waals surface area (Å²) in [4.78, 5) is 0. The first kappa shape index (κ1) is 18.2. The van der Waals surface area contributed by atoms with Gasteiger partial charge in [0.1, 0.15) is 0 Å². The monoisotopic (exact) mass is 434 g/mol. The number of hydrogen-bond acceptors (Lipinski definition) is 4. The van der Waals surface area contributed by atoms with E-state index in [4.69, 9.17) is 0 Å². The molecule has 0 bridgehead atoms. The van der Waals surface area contributed by atoms with Crippen LogP contribution in [-0.4, -0.2) is 35.0 Å². The van der Waals surface area contributed by atoms with Gasteiger partial charge in [-0.15, -0.1) is 0 Å². The fourth-order valence-electron chi connectivity index (χ4n) is 2.75. The molecule has 0 aliphatic heterocycles. The highest BCUT2D eigenvalue weighted by Crippen LogP contribution is 2.31. The van der Waals surface area contributed by atoms with Gasteiger partial charge in [0.15, 0.2) is 0 Å². The average Bonchev–Trinajstić information content (AvgIpc) is 2.45. The molecule has 1 aliphatic carbocycles. The van der Waals surface area contributed by atoms with Gasteiger partial charge in [-0.3, -0.25) is 0 Å². The van der Waals surface area contributed by atoms with Gasteiger partial charge in [-0.2, -0.15) is 0 Å². The number of hydrogen-bond donors (Lipinski definition) is 4. The number of halogens is 2. The molecule has 0 radical (unpaired) electrons. The van der Waals surface area contributed by atoms with Gasteiger partial charge in [-0.1, -0.05) is 15.9 Å². The van der Waals surface area contributed by atoms with E-state index in [0.29, 0.717) is 12.6 Å². The molecule has 6 heteroatoms. The first-order valence-electron chi connectivity index (χ1n) is 7.77. The molecule has 1 aliphatic rings. The number of anilines is 1. The van der Waals surface area contributed by atoms with Crippen molar-refractivity contribution in [1.29, 1.82) is 0 Å². The predicted molar refractivity (Wildman–Crippen MR) is 97.1 cm³/mol. The van der Waals surface area contributed by atoms with E-state index in [1.807, 2.05) is 6.07 Å². The SMILES string of the molecule is CC(O)CNc1c(Br)cc(Br)cc1CNC1CCC(O)CC1. The Morgan fingerprint density at radius 3 is 2.55 bits per heavy atom. The highest BCUT2D eigenvalue weighted by Gasteiger charge is 2.19. The van der Waals surface area contributed by atoms with Crippen LogP contribution in [0.3, 0.4) is 0 Å². The molecule has 1 aromatic carbocycles. The lowest BCUT2D eigenvalue weighted by molar-refractivity contribution is 0.116. The molecule has 4 N–H and O–H groups in total. The van der Waals surface area contributed by atoms with Gasteiger partial charge in [-0.05, 0) is 66.2 Å². The zero-order chi connectivity index (χ0) is 16.1. The smallest absolute Gasteiger partial charge is 0.0684 e. The molecular formula is C16H24Br2N2O2. The van der Waals surface area contributed by atoms with Crippen molar-refractivity contribution < 1.29 is 10.2 Å². The molecule has 22 heavy (non-hydrogen) atoms. The van der Waals surface area contributed by atoms with Gasteiger partial charge >= 0.3 is 0 Å². The Morgan fingerprint density at radius 2 is 1.91 bits per heavy atom. The molecule has 0 heterocycles. The summed E-state index contributed by atoms with van der Waals surface area (Å²) in [6, 6.07) is 4.57. The van der Waals surface area contributed by atoms with Crippen molar-refractivity contribution in [2.24, 2.45) is 0 Å². The maximum Gasteiger partial charge on any atom is 0.0684 e. The van der Waals surface area contributed by atoms with Crippen LogP contribution < -0.4 is 10.6 Å². The van der Waals surface area contributed by atoms with Crippen molar-refractivity contribution in [3.05, 3.63) is 26.6 Å². The van der Waals surface area contributed by atoms with E-state index in [-0.39, 0.29) is 6.10 Å². The molecule has 1 saturated carbocycles. The molecule has 1 unspecified atom stereocenters. The van der Waals surface area contributed by atoms with E-state index >= 15 is 0 Å². The van der Waals surface area contributed by atoms with Crippen molar-refractivity contribution >= 4 is 37.5 Å². The van der Waals surface area contributed by atoms with Crippen LogP contribution in [0.1, 0.15) is 38.2 Å². The molecule has 4 nitrogen and oxygen atoms in total. The lowest BCUT2D eigenvalue weighted by Gasteiger charge is -2.27. The summed E-state index contributed by atoms with van der Waals surface area (Å²) in [5.74, 6) is 0. The van der Waals surface area contributed by atoms with Gasteiger partial charge in [0.25, 0.3) is 0 Å². The third-order valence-electron chi connectivity index (χ3n) is 3.99. The summed E-state index contributed by atoms with van der Waals surface area (Å²) in [5.41, 5.74) is 2.18. The van der Waals surface area contributed by atoms with Crippen LogP contribution in [0.4, 0.5) is 5.69 Å². The molecule has 0 saturated heterocycles. The minimum absolute atomic E-state index is 0.124. The maximum atomic E-state index is 9.58. The Kier molecular flexibility index (Phi) is 7.15. The maximum absolute atomic E-state index is 9.58. The second-order valence-corrected chi connectivity index (χ2v) is 7.81. The molecule has 1 atom stereocenters. The predicted octanol–water partition coefficient (Wildman–Crippen LogP) is 3.40. The largest absolute Gasteiger partial charge is 0.393 e. The van der Waals surface area contributed by atoms with Crippen LogP contribution in [0.2, 0.25) is 0 Å². The van der Waals surface area contributed by atoms with Crippen LogP contribution in [0.15, 0.2) is 21.1 Å². The van der Waals surface area contributed by atoms with Gasteiger partial charge in [0.05, 0.1) is 17.9 Å². The van der Waals surface area contributed by atoms with E-state index in [2.05, 4.69) is 48.6 Å². The first-order valence-corrected chi connectivity index (χ1v) is 9.35. The third kappa shape index (κ3) is 5.49. The Hall–Kier alpha value is -0.140. The number of rotatable bonds is 6. The van der Waals surface area contributed by atoms with Crippen LogP contribution in [0.25, 0.3) is 0 Å². The minimum Gasteiger partial charge on any atom is -0.393 e. The minimum atomic E-state index is -0.392. The summed E-state index contributed by atoms with van der Waals surface area (Å²) in [5, 5.41) is 26.0. The van der Waals surface area contributed by atoms with Gasteiger partial charge < -0.3 is 20.8 Å². The normalized spacial score (nSPS) is 23.3. The zero-order valence-corrected chi connectivity index (χ0v) is 16.0. The Morgan fingerprint density at radius 1 is 1.23 bits per heavy atom. The Labute approximate surface area is 148 Å². The quantitative estimate of drug-likeness (QED) is 0.552. The third-order valence-corrected chi connectivity index (χ3v) is 5.07. The lowest BCUT2D eigenvalue weighted by atomic mass is 9.93. The molecule has 1 fully saturated rings. The summed E-state index contributed by atoms with van der Waals surface area (Å²) >= 11 is 7.12. The van der Waals surface area contributed by atoms with E-state index in [0.717, 1.165) is 52.4 Å². The Balaban J connectivity index is 2.01. The topological polar surface area (TPSA) is 64.5 Å². The van der Waals surface area contributed by atoms with Crippen LogP contribution in [-0.2, 0) is 6.54 Å². The highest BCUT2D eigenvalue weighted by atomic mass is 79.9. The van der Waals surface area contributed by atoms with Crippen molar-refractivity contribution in [1.82, 2.24) is 5.32 Å². The van der Waals surface area contributed by atoms with Crippen LogP contribution in [0, 0.1) is 0 Å². The molecule has 0 amide bonds. The summed E-state index contributed by atoms with van der Waals surface area (Å²) in [6.45, 7) is 3.05. The zero-order valence-electron chi connectivity index (χ0n) is 12.8. The second-order valence-electron chi connectivity index (χ2n) is 6.04. The molecule has 2 rings (SSSR count). The standard InChI is InChI=1S/C16H24Br2N2O2/c1-10(21)8-20-16-11(6-12(17)7-15(16)18)9-19-13-2-4-14(22)5-3-13/h6-7,10,13-14,19-22H,2-5,8-9H2,1H3. The van der Waals surface area contributed by atoms with Crippen molar-refractivity contribution in [2.75, 3.05) is 11.9 Å². The van der Waals surface area contributed by atoms with Gasteiger partial charge in [0, 0.05) is 28.1 Å². The number of aliphatic hydroxyl groups excluding tert-OH is 2. The summed E-state index contributed by atoms with van der Waals surface area (Å²) in [6.07, 6.45) is 3.29. The van der Waals surface area contributed by atoms with Crippen LogP contribution >= 0.6 is 31.9 Å². The summed E-state index contributed by atoms with van der Waals surface area (Å²) < 4.78 is 2.01.